The van der Waals surface area contributed by atoms with Crippen molar-refractivity contribution in [3.8, 4) is 0 Å². The van der Waals surface area contributed by atoms with E-state index in [1.54, 1.807) is 6.92 Å². The lowest BCUT2D eigenvalue weighted by molar-refractivity contribution is -0.144. The minimum Gasteiger partial charge on any atom is -0.465 e. The molecule has 0 bridgehead atoms. The van der Waals surface area contributed by atoms with E-state index in [1.165, 1.54) is 4.68 Å². The Morgan fingerprint density at radius 1 is 1.11 bits per heavy atom. The third kappa shape index (κ3) is 5.85. The third-order valence-corrected chi connectivity index (χ3v) is 6.11. The third-order valence-electron chi connectivity index (χ3n) is 6.11. The summed E-state index contributed by atoms with van der Waals surface area (Å²) in [6, 6.07) is 17.7. The van der Waals surface area contributed by atoms with Crippen LogP contribution in [0, 0.1) is 12.8 Å². The van der Waals surface area contributed by atoms with Crippen molar-refractivity contribution in [2.24, 2.45) is 5.92 Å². The van der Waals surface area contributed by atoms with Crippen molar-refractivity contribution >= 4 is 16.9 Å². The highest BCUT2D eigenvalue weighted by Gasteiger charge is 2.30. The number of nitrogens with one attached hydrogen (secondary N) is 1. The summed E-state index contributed by atoms with van der Waals surface area (Å²) in [5, 5.41) is 13.2. The second-order valence-electron chi connectivity index (χ2n) is 9.29. The average Bonchev–Trinajstić information content (AvgIpc) is 3.27. The molecule has 0 saturated carbocycles. The highest BCUT2D eigenvalue weighted by atomic mass is 16.5. The van der Waals surface area contributed by atoms with Crippen LogP contribution >= 0.6 is 0 Å². The summed E-state index contributed by atoms with van der Waals surface area (Å²) >= 11 is 0. The molecule has 1 unspecified atom stereocenters. The second kappa shape index (κ2) is 11.3. The highest BCUT2D eigenvalue weighted by Crippen LogP contribution is 2.30. The number of hydrogen-bond donors (Lipinski definition) is 1. The first-order valence-electron chi connectivity index (χ1n) is 12.2. The maximum Gasteiger partial charge on any atom is 0.327 e. The first-order valence-corrected chi connectivity index (χ1v) is 12.2. The normalized spacial score (nSPS) is 12.4. The van der Waals surface area contributed by atoms with Gasteiger partial charge in [-0.15, -0.1) is 5.10 Å². The summed E-state index contributed by atoms with van der Waals surface area (Å²) in [6.07, 6.45) is 0. The van der Waals surface area contributed by atoms with Gasteiger partial charge in [0.1, 0.15) is 6.54 Å². The fraction of sp³-hybridized carbons (Fsp3) is 0.370. The van der Waals surface area contributed by atoms with Crippen LogP contribution in [0.3, 0.4) is 0 Å². The number of esters is 1. The van der Waals surface area contributed by atoms with Gasteiger partial charge in [0.15, 0.2) is 5.82 Å². The summed E-state index contributed by atoms with van der Waals surface area (Å²) in [7, 11) is 0. The lowest BCUT2D eigenvalue weighted by Crippen LogP contribution is -2.35. The number of aromatic nitrogens is 5. The number of rotatable bonds is 10. The molecule has 2 aromatic carbocycles. The largest absolute Gasteiger partial charge is 0.465 e. The molecule has 1 atom stereocenters. The zero-order valence-electron chi connectivity index (χ0n) is 21.1. The Labute approximate surface area is 210 Å². The van der Waals surface area contributed by atoms with Gasteiger partial charge in [-0.1, -0.05) is 55.8 Å². The van der Waals surface area contributed by atoms with Gasteiger partial charge in [-0.3, -0.25) is 14.5 Å². The number of aromatic amines is 1. The molecule has 1 N–H and O–H groups in total. The molecule has 0 aliphatic carbocycles. The van der Waals surface area contributed by atoms with E-state index in [0.717, 1.165) is 22.0 Å². The molecular formula is C27H32N6O3. The fourth-order valence-corrected chi connectivity index (χ4v) is 4.53. The maximum atomic E-state index is 13.1. The quantitative estimate of drug-likeness (QED) is 0.339. The Balaban J connectivity index is 1.75. The van der Waals surface area contributed by atoms with E-state index >= 15 is 0 Å². The van der Waals surface area contributed by atoms with Crippen molar-refractivity contribution in [3.63, 3.8) is 0 Å². The Bertz CT molecular complexity index is 1380. The van der Waals surface area contributed by atoms with Crippen LogP contribution in [0.15, 0.2) is 59.4 Å². The number of nitrogens with zero attached hydrogens (tertiary/aromatic N) is 5. The fourth-order valence-electron chi connectivity index (χ4n) is 4.53. The lowest BCUT2D eigenvalue weighted by atomic mass is 9.99. The standard InChI is InChI=1S/C27H32N6O3/c1-5-36-24(34)17-33-26(29-30-31-33)25(18(2)3)32(15-20-9-7-6-8-10-20)16-22-14-21-13-19(4)11-12-23(21)28-27(22)35/h6-14,18,25H,5,15-17H2,1-4H3,(H,28,35). The van der Waals surface area contributed by atoms with E-state index in [4.69, 9.17) is 4.74 Å². The summed E-state index contributed by atoms with van der Waals surface area (Å²) in [4.78, 5) is 30.5. The lowest BCUT2D eigenvalue weighted by Gasteiger charge is -2.33. The van der Waals surface area contributed by atoms with Gasteiger partial charge in [-0.05, 0) is 59.3 Å². The van der Waals surface area contributed by atoms with Crippen molar-refractivity contribution in [2.45, 2.75) is 53.4 Å². The number of fused-ring (bicyclic) bond motifs is 1. The van der Waals surface area contributed by atoms with E-state index in [2.05, 4.69) is 57.5 Å². The maximum absolute atomic E-state index is 13.1. The summed E-state index contributed by atoms with van der Waals surface area (Å²) < 4.78 is 6.61. The predicted molar refractivity (Wildman–Crippen MR) is 137 cm³/mol. The van der Waals surface area contributed by atoms with Gasteiger partial charge < -0.3 is 9.72 Å². The first-order chi connectivity index (χ1) is 17.4. The smallest absolute Gasteiger partial charge is 0.327 e. The predicted octanol–water partition coefficient (Wildman–Crippen LogP) is 3.79. The van der Waals surface area contributed by atoms with Crippen LogP contribution in [-0.2, 0) is 29.2 Å². The molecule has 0 saturated heterocycles. The molecule has 0 fully saturated rings. The molecule has 4 rings (SSSR count). The number of carbonyl (C=O) groups excluding carboxylic acids is 1. The Kier molecular flexibility index (Phi) is 7.90. The van der Waals surface area contributed by atoms with Crippen LogP contribution in [0.25, 0.3) is 10.9 Å². The Morgan fingerprint density at radius 2 is 1.89 bits per heavy atom. The van der Waals surface area contributed by atoms with Gasteiger partial charge in [0.2, 0.25) is 0 Å². The Morgan fingerprint density at radius 3 is 2.61 bits per heavy atom. The van der Waals surface area contributed by atoms with Gasteiger partial charge in [-0.2, -0.15) is 0 Å². The summed E-state index contributed by atoms with van der Waals surface area (Å²) in [6.45, 7) is 9.12. The minimum absolute atomic E-state index is 0.0750. The minimum atomic E-state index is -0.399. The average molecular weight is 489 g/mol. The van der Waals surface area contributed by atoms with Crippen molar-refractivity contribution < 1.29 is 9.53 Å². The SMILES string of the molecule is CCOC(=O)Cn1nnnc1C(C(C)C)N(Cc1ccccc1)Cc1cc2cc(C)ccc2[nH]c1=O. The van der Waals surface area contributed by atoms with Crippen LogP contribution in [0.5, 0.6) is 0 Å². The van der Waals surface area contributed by atoms with Crippen LogP contribution in [0.4, 0.5) is 0 Å². The number of carbonyl (C=O) groups is 1. The van der Waals surface area contributed by atoms with Crippen LogP contribution < -0.4 is 5.56 Å². The summed E-state index contributed by atoms with van der Waals surface area (Å²) in [5.74, 6) is 0.244. The van der Waals surface area contributed by atoms with Crippen molar-refractivity contribution in [1.29, 1.82) is 0 Å². The number of ether oxygens (including phenoxy) is 1. The molecule has 9 nitrogen and oxygen atoms in total. The zero-order valence-corrected chi connectivity index (χ0v) is 21.1. The first kappa shape index (κ1) is 25.2. The number of H-pyrrole nitrogens is 1. The molecule has 0 aliphatic rings. The number of aryl methyl sites for hydroxylation is 1. The number of pyridine rings is 1. The molecule has 4 aromatic rings. The number of tetrazole rings is 1. The molecule has 0 aliphatic heterocycles. The van der Waals surface area contributed by atoms with Crippen molar-refractivity contribution in [2.75, 3.05) is 6.61 Å². The van der Waals surface area contributed by atoms with Gasteiger partial charge in [-0.25, -0.2) is 4.68 Å². The molecule has 188 valence electrons. The molecule has 2 aromatic heterocycles. The van der Waals surface area contributed by atoms with Crippen molar-refractivity contribution in [3.05, 3.63) is 87.5 Å². The molecule has 0 radical (unpaired) electrons. The van der Waals surface area contributed by atoms with Crippen molar-refractivity contribution in [1.82, 2.24) is 30.1 Å². The van der Waals surface area contributed by atoms with Gasteiger partial charge in [0.05, 0.1) is 12.6 Å². The van der Waals surface area contributed by atoms with Crippen LogP contribution in [0.1, 0.15) is 49.3 Å². The molecule has 9 heteroatoms. The monoisotopic (exact) mass is 488 g/mol. The molecule has 0 spiro atoms. The second-order valence-corrected chi connectivity index (χ2v) is 9.29. The van der Waals surface area contributed by atoms with E-state index < -0.39 is 5.97 Å². The van der Waals surface area contributed by atoms with E-state index in [-0.39, 0.29) is 30.7 Å². The molecule has 0 amide bonds. The van der Waals surface area contributed by atoms with Gasteiger partial charge >= 0.3 is 5.97 Å². The number of benzene rings is 2. The molecule has 36 heavy (non-hydrogen) atoms. The topological polar surface area (TPSA) is 106 Å². The van der Waals surface area contributed by atoms with Gasteiger partial charge in [0.25, 0.3) is 5.56 Å². The van der Waals surface area contributed by atoms with E-state index in [9.17, 15) is 9.59 Å². The number of hydrogen-bond acceptors (Lipinski definition) is 7. The zero-order chi connectivity index (χ0) is 25.7. The molecular weight excluding hydrogens is 456 g/mol. The highest BCUT2D eigenvalue weighted by molar-refractivity contribution is 5.79. The molecule has 2 heterocycles. The summed E-state index contributed by atoms with van der Waals surface area (Å²) in [5.41, 5.74) is 3.56. The Hall–Kier alpha value is -3.85. The van der Waals surface area contributed by atoms with Gasteiger partial charge in [0, 0.05) is 24.2 Å². The van der Waals surface area contributed by atoms with E-state index in [0.29, 0.717) is 24.5 Å². The van der Waals surface area contributed by atoms with Crippen LogP contribution in [-0.4, -0.2) is 42.7 Å². The van der Waals surface area contributed by atoms with E-state index in [1.807, 2.05) is 43.3 Å². The van der Waals surface area contributed by atoms with Crippen LogP contribution in [0.2, 0.25) is 0 Å².